The largest absolute Gasteiger partial charge is 0.476 e. The second kappa shape index (κ2) is 6.88. The molecule has 1 saturated carbocycles. The van der Waals surface area contributed by atoms with Crippen LogP contribution in [0.3, 0.4) is 0 Å². The first-order valence-corrected chi connectivity index (χ1v) is 7.33. The molecule has 1 aromatic rings. The Hall–Kier alpha value is -1.36. The molecular formula is C15H25N3O2. The van der Waals surface area contributed by atoms with Crippen LogP contribution in [0.2, 0.25) is 0 Å². The third kappa shape index (κ3) is 4.63. The van der Waals surface area contributed by atoms with Crippen molar-refractivity contribution in [3.8, 4) is 5.88 Å². The molecule has 5 nitrogen and oxygen atoms in total. The van der Waals surface area contributed by atoms with Gasteiger partial charge in [-0.05, 0) is 32.6 Å². The van der Waals surface area contributed by atoms with Crippen LogP contribution in [0.25, 0.3) is 0 Å². The molecule has 1 fully saturated rings. The summed E-state index contributed by atoms with van der Waals surface area (Å²) in [5.74, 6) is 2.00. The molecule has 0 spiro atoms. The van der Waals surface area contributed by atoms with Crippen LogP contribution >= 0.6 is 0 Å². The molecule has 0 amide bonds. The van der Waals surface area contributed by atoms with Gasteiger partial charge in [0.25, 0.3) is 0 Å². The average molecular weight is 279 g/mol. The lowest BCUT2D eigenvalue weighted by molar-refractivity contribution is 0.0343. The number of methoxy groups -OCH3 is 1. The van der Waals surface area contributed by atoms with Crippen LogP contribution in [0.1, 0.15) is 39.5 Å². The van der Waals surface area contributed by atoms with E-state index in [0.717, 1.165) is 12.4 Å². The molecule has 0 unspecified atom stereocenters. The van der Waals surface area contributed by atoms with Crippen molar-refractivity contribution < 1.29 is 9.47 Å². The highest BCUT2D eigenvalue weighted by atomic mass is 16.5. The average Bonchev–Trinajstić information content (AvgIpc) is 2.97. The molecule has 0 saturated heterocycles. The zero-order valence-corrected chi connectivity index (χ0v) is 12.7. The van der Waals surface area contributed by atoms with E-state index in [1.54, 1.807) is 19.5 Å². The maximum Gasteiger partial charge on any atom is 0.234 e. The summed E-state index contributed by atoms with van der Waals surface area (Å²) >= 11 is 0. The normalized spacial score (nSPS) is 16.4. The van der Waals surface area contributed by atoms with Crippen molar-refractivity contribution in [2.75, 3.05) is 25.6 Å². The van der Waals surface area contributed by atoms with Crippen molar-refractivity contribution in [3.05, 3.63) is 12.4 Å². The van der Waals surface area contributed by atoms with Crippen LogP contribution in [0.4, 0.5) is 5.82 Å². The Morgan fingerprint density at radius 1 is 1.30 bits per heavy atom. The van der Waals surface area contributed by atoms with Gasteiger partial charge in [-0.15, -0.1) is 0 Å². The van der Waals surface area contributed by atoms with Gasteiger partial charge < -0.3 is 14.8 Å². The third-order valence-corrected chi connectivity index (χ3v) is 3.80. The van der Waals surface area contributed by atoms with E-state index in [2.05, 4.69) is 15.3 Å². The molecule has 112 valence electrons. The minimum atomic E-state index is -0.234. The van der Waals surface area contributed by atoms with Crippen molar-refractivity contribution in [1.29, 1.82) is 0 Å². The van der Waals surface area contributed by atoms with E-state index in [-0.39, 0.29) is 5.60 Å². The van der Waals surface area contributed by atoms with Crippen molar-refractivity contribution in [2.24, 2.45) is 5.92 Å². The number of hydrogen-bond donors (Lipinski definition) is 1. The van der Waals surface area contributed by atoms with Gasteiger partial charge in [-0.1, -0.05) is 12.8 Å². The van der Waals surface area contributed by atoms with Crippen molar-refractivity contribution in [3.63, 3.8) is 0 Å². The van der Waals surface area contributed by atoms with Crippen molar-refractivity contribution >= 4 is 5.82 Å². The van der Waals surface area contributed by atoms with Crippen LogP contribution in [0, 0.1) is 5.92 Å². The van der Waals surface area contributed by atoms with Crippen molar-refractivity contribution in [2.45, 2.75) is 45.1 Å². The molecule has 1 heterocycles. The van der Waals surface area contributed by atoms with E-state index in [4.69, 9.17) is 9.47 Å². The van der Waals surface area contributed by atoms with E-state index in [0.29, 0.717) is 18.3 Å². The smallest absolute Gasteiger partial charge is 0.234 e. The fourth-order valence-electron chi connectivity index (χ4n) is 2.26. The van der Waals surface area contributed by atoms with Gasteiger partial charge >= 0.3 is 0 Å². The number of hydrogen-bond acceptors (Lipinski definition) is 5. The Morgan fingerprint density at radius 3 is 2.75 bits per heavy atom. The SMILES string of the molecule is COC(C)(C)CNc1cncc(OCC2CCCC2)n1. The van der Waals surface area contributed by atoms with Gasteiger partial charge in [0, 0.05) is 13.7 Å². The molecule has 0 atom stereocenters. The maximum absolute atomic E-state index is 5.74. The van der Waals surface area contributed by atoms with E-state index in [9.17, 15) is 0 Å². The number of ether oxygens (including phenoxy) is 2. The summed E-state index contributed by atoms with van der Waals surface area (Å²) in [7, 11) is 1.70. The van der Waals surface area contributed by atoms with E-state index in [1.165, 1.54) is 25.7 Å². The molecule has 1 aliphatic carbocycles. The zero-order chi connectivity index (χ0) is 14.4. The number of aromatic nitrogens is 2. The van der Waals surface area contributed by atoms with E-state index < -0.39 is 0 Å². The van der Waals surface area contributed by atoms with Gasteiger partial charge in [-0.3, -0.25) is 4.98 Å². The first-order chi connectivity index (χ1) is 9.59. The van der Waals surface area contributed by atoms with Gasteiger partial charge in [0.05, 0.1) is 24.6 Å². The highest BCUT2D eigenvalue weighted by Crippen LogP contribution is 2.25. The number of rotatable bonds is 7. The predicted octanol–water partition coefficient (Wildman–Crippen LogP) is 2.88. The summed E-state index contributed by atoms with van der Waals surface area (Å²) < 4.78 is 11.1. The number of anilines is 1. The van der Waals surface area contributed by atoms with E-state index in [1.807, 2.05) is 13.8 Å². The van der Waals surface area contributed by atoms with Crippen LogP contribution in [-0.4, -0.2) is 35.8 Å². The molecule has 20 heavy (non-hydrogen) atoms. The van der Waals surface area contributed by atoms with Gasteiger partial charge in [0.1, 0.15) is 5.82 Å². The molecule has 0 radical (unpaired) electrons. The molecule has 2 rings (SSSR count). The lowest BCUT2D eigenvalue weighted by atomic mass is 10.1. The van der Waals surface area contributed by atoms with Crippen LogP contribution in [-0.2, 0) is 4.74 Å². The topological polar surface area (TPSA) is 56.3 Å². The summed E-state index contributed by atoms with van der Waals surface area (Å²) in [6.45, 7) is 5.47. The lowest BCUT2D eigenvalue weighted by Gasteiger charge is -2.23. The molecule has 0 aliphatic heterocycles. The summed E-state index contributed by atoms with van der Waals surface area (Å²) in [6.07, 6.45) is 8.57. The second-order valence-corrected chi connectivity index (χ2v) is 6.02. The lowest BCUT2D eigenvalue weighted by Crippen LogP contribution is -2.32. The molecule has 0 aromatic carbocycles. The minimum Gasteiger partial charge on any atom is -0.476 e. The summed E-state index contributed by atoms with van der Waals surface area (Å²) in [4.78, 5) is 8.59. The van der Waals surface area contributed by atoms with Crippen molar-refractivity contribution in [1.82, 2.24) is 9.97 Å². The Balaban J connectivity index is 1.83. The van der Waals surface area contributed by atoms with E-state index >= 15 is 0 Å². The van der Waals surface area contributed by atoms with Gasteiger partial charge in [-0.2, -0.15) is 4.98 Å². The molecule has 1 N–H and O–H groups in total. The molecule has 0 bridgehead atoms. The Labute approximate surface area is 121 Å². The number of nitrogens with one attached hydrogen (secondary N) is 1. The third-order valence-electron chi connectivity index (χ3n) is 3.80. The summed E-state index contributed by atoms with van der Waals surface area (Å²) in [5.41, 5.74) is -0.234. The Morgan fingerprint density at radius 2 is 2.05 bits per heavy atom. The predicted molar refractivity (Wildman–Crippen MR) is 79.1 cm³/mol. The Kier molecular flexibility index (Phi) is 5.17. The molecular weight excluding hydrogens is 254 g/mol. The molecule has 1 aliphatic rings. The second-order valence-electron chi connectivity index (χ2n) is 6.02. The quantitative estimate of drug-likeness (QED) is 0.831. The van der Waals surface area contributed by atoms with Crippen LogP contribution in [0.15, 0.2) is 12.4 Å². The van der Waals surface area contributed by atoms with Gasteiger partial charge in [0.15, 0.2) is 0 Å². The summed E-state index contributed by atoms with van der Waals surface area (Å²) in [5, 5.41) is 3.23. The first kappa shape index (κ1) is 15.0. The fourth-order valence-corrected chi connectivity index (χ4v) is 2.26. The first-order valence-electron chi connectivity index (χ1n) is 7.33. The zero-order valence-electron chi connectivity index (χ0n) is 12.7. The Bertz CT molecular complexity index is 417. The fraction of sp³-hybridized carbons (Fsp3) is 0.733. The highest BCUT2D eigenvalue weighted by molar-refractivity contribution is 5.33. The highest BCUT2D eigenvalue weighted by Gasteiger charge is 2.17. The van der Waals surface area contributed by atoms with Gasteiger partial charge in [-0.25, -0.2) is 0 Å². The monoisotopic (exact) mass is 279 g/mol. The number of nitrogens with zero attached hydrogens (tertiary/aromatic N) is 2. The minimum absolute atomic E-state index is 0.234. The standard InChI is InChI=1S/C15H25N3O2/c1-15(2,19-3)11-17-13-8-16-9-14(18-13)20-10-12-6-4-5-7-12/h8-9,12H,4-7,10-11H2,1-3H3,(H,17,18). The van der Waals surface area contributed by atoms with Crippen LogP contribution in [0.5, 0.6) is 5.88 Å². The maximum atomic E-state index is 5.74. The summed E-state index contributed by atoms with van der Waals surface area (Å²) in [6, 6.07) is 0. The molecule has 1 aromatic heterocycles. The van der Waals surface area contributed by atoms with Gasteiger partial charge in [0.2, 0.25) is 5.88 Å². The van der Waals surface area contributed by atoms with Crippen LogP contribution < -0.4 is 10.1 Å². The molecule has 5 heteroatoms.